The molecule has 20 heavy (non-hydrogen) atoms. The van der Waals surface area contributed by atoms with Crippen LogP contribution in [-0.2, 0) is 6.18 Å². The maximum Gasteiger partial charge on any atom is 0.416 e. The van der Waals surface area contributed by atoms with Gasteiger partial charge in [-0.1, -0.05) is 0 Å². The molecule has 0 fully saturated rings. The summed E-state index contributed by atoms with van der Waals surface area (Å²) in [5.74, 6) is -0.714. The summed E-state index contributed by atoms with van der Waals surface area (Å²) in [6.07, 6.45) is -3.07. The number of nitrogens with one attached hydrogen (secondary N) is 1. The highest BCUT2D eigenvalue weighted by Gasteiger charge is 2.31. The molecule has 1 heterocycles. The first-order valence-electron chi connectivity index (χ1n) is 5.63. The van der Waals surface area contributed by atoms with Crippen LogP contribution in [0.1, 0.15) is 11.1 Å². The van der Waals surface area contributed by atoms with Crippen molar-refractivity contribution in [3.05, 3.63) is 47.4 Å². The third kappa shape index (κ3) is 2.98. The highest BCUT2D eigenvalue weighted by molar-refractivity contribution is 5.69. The van der Waals surface area contributed by atoms with E-state index < -0.39 is 17.6 Å². The van der Waals surface area contributed by atoms with Gasteiger partial charge in [0.2, 0.25) is 0 Å². The number of hydrogen-bond acceptors (Lipinski definition) is 3. The number of nitrogens with two attached hydrogens (primary N) is 1. The van der Waals surface area contributed by atoms with Crippen LogP contribution in [0.2, 0.25) is 0 Å². The maximum atomic E-state index is 13.6. The molecule has 0 aliphatic heterocycles. The first-order chi connectivity index (χ1) is 9.27. The number of aryl methyl sites for hydroxylation is 1. The van der Waals surface area contributed by atoms with E-state index in [0.29, 0.717) is 12.1 Å². The number of rotatable bonds is 2. The lowest BCUT2D eigenvalue weighted by Gasteiger charge is -2.12. The highest BCUT2D eigenvalue weighted by atomic mass is 19.4. The molecule has 0 aliphatic carbocycles. The van der Waals surface area contributed by atoms with Crippen molar-refractivity contribution in [2.24, 2.45) is 0 Å². The van der Waals surface area contributed by atoms with Gasteiger partial charge in [0.15, 0.2) is 5.82 Å². The second-order valence-corrected chi connectivity index (χ2v) is 4.27. The number of aromatic nitrogens is 1. The van der Waals surface area contributed by atoms with Gasteiger partial charge in [-0.3, -0.25) is 0 Å². The van der Waals surface area contributed by atoms with Crippen molar-refractivity contribution in [2.75, 3.05) is 11.1 Å². The Bertz CT molecular complexity index is 638. The predicted octanol–water partition coefficient (Wildman–Crippen LogP) is 3.87. The second kappa shape index (κ2) is 4.99. The lowest BCUT2D eigenvalue weighted by atomic mass is 10.2. The van der Waals surface area contributed by atoms with Gasteiger partial charge in [-0.25, -0.2) is 9.37 Å². The van der Waals surface area contributed by atoms with Gasteiger partial charge in [-0.05, 0) is 36.8 Å². The number of alkyl halides is 3. The van der Waals surface area contributed by atoms with E-state index in [0.717, 1.165) is 11.6 Å². The summed E-state index contributed by atoms with van der Waals surface area (Å²) in [5, 5.41) is 2.47. The lowest BCUT2D eigenvalue weighted by molar-refractivity contribution is -0.137. The SMILES string of the molecule is Cc1cnc(Nc2cc(C(F)(F)F)ccc2F)c(N)c1. The first-order valence-corrected chi connectivity index (χ1v) is 5.63. The van der Waals surface area contributed by atoms with Gasteiger partial charge < -0.3 is 11.1 Å². The molecule has 0 atom stereocenters. The fourth-order valence-electron chi connectivity index (χ4n) is 1.62. The van der Waals surface area contributed by atoms with Crippen LogP contribution < -0.4 is 11.1 Å². The number of hydrogen-bond donors (Lipinski definition) is 2. The molecule has 0 radical (unpaired) electrons. The summed E-state index contributed by atoms with van der Waals surface area (Å²) in [5.41, 5.74) is 5.40. The molecular formula is C13H11F4N3. The Hall–Kier alpha value is -2.31. The molecule has 1 aromatic heterocycles. The molecule has 0 aliphatic rings. The van der Waals surface area contributed by atoms with Crippen molar-refractivity contribution in [2.45, 2.75) is 13.1 Å². The van der Waals surface area contributed by atoms with Crippen molar-refractivity contribution >= 4 is 17.2 Å². The molecule has 0 unspecified atom stereocenters. The average molecular weight is 285 g/mol. The molecule has 2 aromatic rings. The minimum absolute atomic E-state index is 0.105. The Labute approximate surface area is 112 Å². The van der Waals surface area contributed by atoms with Gasteiger partial charge >= 0.3 is 6.18 Å². The molecule has 0 saturated heterocycles. The Morgan fingerprint density at radius 2 is 1.90 bits per heavy atom. The summed E-state index contributed by atoms with van der Waals surface area (Å²) in [7, 11) is 0. The summed E-state index contributed by atoms with van der Waals surface area (Å²) in [6.45, 7) is 1.76. The molecule has 106 valence electrons. The van der Waals surface area contributed by atoms with Crippen LogP contribution in [0.4, 0.5) is 34.8 Å². The number of nitrogens with zero attached hydrogens (tertiary/aromatic N) is 1. The van der Waals surface area contributed by atoms with Crippen molar-refractivity contribution in [3.63, 3.8) is 0 Å². The molecule has 3 nitrogen and oxygen atoms in total. The van der Waals surface area contributed by atoms with Gasteiger partial charge in [0.05, 0.1) is 16.9 Å². The summed E-state index contributed by atoms with van der Waals surface area (Å²) < 4.78 is 51.3. The van der Waals surface area contributed by atoms with Crippen molar-refractivity contribution in [1.29, 1.82) is 0 Å². The van der Waals surface area contributed by atoms with Gasteiger partial charge in [0, 0.05) is 6.20 Å². The second-order valence-electron chi connectivity index (χ2n) is 4.27. The minimum Gasteiger partial charge on any atom is -0.396 e. The number of pyridine rings is 1. The van der Waals surface area contributed by atoms with Gasteiger partial charge in [0.1, 0.15) is 5.82 Å². The lowest BCUT2D eigenvalue weighted by Crippen LogP contribution is -2.07. The predicted molar refractivity (Wildman–Crippen MR) is 68.1 cm³/mol. The number of nitrogen functional groups attached to an aromatic ring is 1. The van der Waals surface area contributed by atoms with Gasteiger partial charge in [-0.2, -0.15) is 13.2 Å². The van der Waals surface area contributed by atoms with E-state index in [4.69, 9.17) is 5.73 Å². The largest absolute Gasteiger partial charge is 0.416 e. The van der Waals surface area contributed by atoms with E-state index in [1.807, 2.05) is 0 Å². The fourth-order valence-corrected chi connectivity index (χ4v) is 1.62. The van der Waals surface area contributed by atoms with Crippen LogP contribution in [0.25, 0.3) is 0 Å². The molecule has 0 saturated carbocycles. The Morgan fingerprint density at radius 1 is 1.20 bits per heavy atom. The van der Waals surface area contributed by atoms with Gasteiger partial charge in [0.25, 0.3) is 0 Å². The molecule has 3 N–H and O–H groups in total. The van der Waals surface area contributed by atoms with Crippen LogP contribution in [0, 0.1) is 12.7 Å². The molecule has 1 aromatic carbocycles. The van der Waals surface area contributed by atoms with Crippen molar-refractivity contribution in [1.82, 2.24) is 4.98 Å². The third-order valence-electron chi connectivity index (χ3n) is 2.60. The summed E-state index contributed by atoms with van der Waals surface area (Å²) >= 11 is 0. The van der Waals surface area contributed by atoms with Crippen molar-refractivity contribution < 1.29 is 17.6 Å². The van der Waals surface area contributed by atoms with Crippen LogP contribution in [-0.4, -0.2) is 4.98 Å². The zero-order chi connectivity index (χ0) is 14.9. The standard InChI is InChI=1S/C13H11F4N3/c1-7-4-10(18)12(19-6-7)20-11-5-8(13(15,16)17)2-3-9(11)14/h2-6H,18H2,1H3,(H,19,20). The van der Waals surface area contributed by atoms with E-state index in [2.05, 4.69) is 10.3 Å². The number of anilines is 3. The topological polar surface area (TPSA) is 50.9 Å². The van der Waals surface area contributed by atoms with Crippen molar-refractivity contribution in [3.8, 4) is 0 Å². The summed E-state index contributed by atoms with van der Waals surface area (Å²) in [4.78, 5) is 3.92. The van der Waals surface area contributed by atoms with E-state index >= 15 is 0 Å². The molecule has 7 heteroatoms. The number of halogens is 4. The zero-order valence-electron chi connectivity index (χ0n) is 10.4. The molecule has 0 spiro atoms. The van der Waals surface area contributed by atoms with E-state index in [-0.39, 0.29) is 17.2 Å². The Morgan fingerprint density at radius 3 is 2.50 bits per heavy atom. The smallest absolute Gasteiger partial charge is 0.396 e. The number of benzene rings is 1. The zero-order valence-corrected chi connectivity index (χ0v) is 10.4. The summed E-state index contributed by atoms with van der Waals surface area (Å²) in [6, 6.07) is 3.68. The van der Waals surface area contributed by atoms with Crippen LogP contribution in [0.15, 0.2) is 30.5 Å². The van der Waals surface area contributed by atoms with E-state index in [1.54, 1.807) is 13.0 Å². The molecular weight excluding hydrogens is 274 g/mol. The van der Waals surface area contributed by atoms with E-state index in [1.165, 1.54) is 6.20 Å². The third-order valence-corrected chi connectivity index (χ3v) is 2.60. The van der Waals surface area contributed by atoms with Crippen LogP contribution in [0.3, 0.4) is 0 Å². The average Bonchev–Trinajstić information content (AvgIpc) is 2.33. The van der Waals surface area contributed by atoms with Gasteiger partial charge in [-0.15, -0.1) is 0 Å². The molecule has 2 rings (SSSR count). The van der Waals surface area contributed by atoms with Crippen LogP contribution in [0.5, 0.6) is 0 Å². The molecule has 0 bridgehead atoms. The monoisotopic (exact) mass is 285 g/mol. The fraction of sp³-hybridized carbons (Fsp3) is 0.154. The Kier molecular flexibility index (Phi) is 3.52. The van der Waals surface area contributed by atoms with Crippen LogP contribution >= 0.6 is 0 Å². The normalized spacial score (nSPS) is 11.4. The quantitative estimate of drug-likeness (QED) is 0.823. The Balaban J connectivity index is 2.38. The van der Waals surface area contributed by atoms with E-state index in [9.17, 15) is 17.6 Å². The maximum absolute atomic E-state index is 13.6. The minimum atomic E-state index is -4.55. The highest BCUT2D eigenvalue weighted by Crippen LogP contribution is 2.33. The first kappa shape index (κ1) is 14.1. The molecule has 0 amide bonds.